The maximum atomic E-state index is 12.8. The molecule has 0 heterocycles. The Hall–Kier alpha value is -1.78. The summed E-state index contributed by atoms with van der Waals surface area (Å²) >= 11 is 11.8. The summed E-state index contributed by atoms with van der Waals surface area (Å²) in [5, 5.41) is 7.02. The van der Waals surface area contributed by atoms with Crippen LogP contribution in [-0.2, 0) is 11.2 Å². The van der Waals surface area contributed by atoms with Crippen LogP contribution in [0, 0.1) is 5.82 Å². The average molecular weight is 355 g/mol. The van der Waals surface area contributed by atoms with Gasteiger partial charge in [-0.15, -0.1) is 0 Å². The van der Waals surface area contributed by atoms with Crippen molar-refractivity contribution in [3.05, 3.63) is 63.9 Å². The molecule has 6 heteroatoms. The number of amides is 1. The van der Waals surface area contributed by atoms with Crippen LogP contribution in [0.25, 0.3) is 0 Å². The minimum Gasteiger partial charge on any atom is -0.384 e. The van der Waals surface area contributed by atoms with E-state index in [-0.39, 0.29) is 11.7 Å². The summed E-state index contributed by atoms with van der Waals surface area (Å²) in [7, 11) is 0. The van der Waals surface area contributed by atoms with Crippen LogP contribution in [0.15, 0.2) is 42.5 Å². The standard InChI is InChI=1S/C17H17Cl2FN2O/c18-13-9-14(19)11-16(10-13)21-8-6-17(23)22-7-5-12-1-3-15(20)4-2-12/h1-4,9-11,21H,5-8H2,(H,22,23). The third kappa shape index (κ3) is 6.47. The maximum absolute atomic E-state index is 12.8. The summed E-state index contributed by atoms with van der Waals surface area (Å²) in [5.41, 5.74) is 1.76. The second-order valence-electron chi connectivity index (χ2n) is 5.06. The summed E-state index contributed by atoms with van der Waals surface area (Å²) in [6.07, 6.45) is 1.01. The molecule has 0 aliphatic rings. The van der Waals surface area contributed by atoms with Crippen molar-refractivity contribution in [3.8, 4) is 0 Å². The summed E-state index contributed by atoms with van der Waals surface area (Å²) in [4.78, 5) is 11.7. The number of rotatable bonds is 7. The van der Waals surface area contributed by atoms with Crippen molar-refractivity contribution in [3.63, 3.8) is 0 Å². The molecule has 122 valence electrons. The highest BCUT2D eigenvalue weighted by Gasteiger charge is 2.02. The fourth-order valence-electron chi connectivity index (χ4n) is 2.06. The third-order valence-electron chi connectivity index (χ3n) is 3.19. The molecule has 0 spiro atoms. The lowest BCUT2D eigenvalue weighted by molar-refractivity contribution is -0.120. The molecule has 2 aromatic carbocycles. The number of halogens is 3. The van der Waals surface area contributed by atoms with Crippen LogP contribution in [0.1, 0.15) is 12.0 Å². The molecule has 23 heavy (non-hydrogen) atoms. The first kappa shape index (κ1) is 17.6. The molecule has 0 saturated heterocycles. The fraction of sp³-hybridized carbons (Fsp3) is 0.235. The lowest BCUT2D eigenvalue weighted by Crippen LogP contribution is -2.27. The normalized spacial score (nSPS) is 10.4. The van der Waals surface area contributed by atoms with E-state index in [2.05, 4.69) is 10.6 Å². The Morgan fingerprint density at radius 2 is 1.65 bits per heavy atom. The van der Waals surface area contributed by atoms with E-state index in [1.54, 1.807) is 30.3 Å². The Morgan fingerprint density at radius 1 is 1.00 bits per heavy atom. The van der Waals surface area contributed by atoms with Crippen LogP contribution in [-0.4, -0.2) is 19.0 Å². The van der Waals surface area contributed by atoms with E-state index in [4.69, 9.17) is 23.2 Å². The monoisotopic (exact) mass is 354 g/mol. The van der Waals surface area contributed by atoms with Gasteiger partial charge in [0.15, 0.2) is 0 Å². The zero-order valence-electron chi connectivity index (χ0n) is 12.4. The Kier molecular flexibility index (Phi) is 6.68. The molecule has 0 saturated carbocycles. The molecule has 0 fully saturated rings. The zero-order chi connectivity index (χ0) is 16.7. The van der Waals surface area contributed by atoms with Gasteiger partial charge in [-0.25, -0.2) is 4.39 Å². The van der Waals surface area contributed by atoms with Gasteiger partial charge < -0.3 is 10.6 Å². The van der Waals surface area contributed by atoms with Crippen molar-refractivity contribution < 1.29 is 9.18 Å². The quantitative estimate of drug-likeness (QED) is 0.778. The van der Waals surface area contributed by atoms with Crippen LogP contribution in [0.2, 0.25) is 10.0 Å². The molecule has 0 unspecified atom stereocenters. The highest BCUT2D eigenvalue weighted by molar-refractivity contribution is 6.35. The van der Waals surface area contributed by atoms with Gasteiger partial charge in [-0.05, 0) is 42.3 Å². The highest BCUT2D eigenvalue weighted by Crippen LogP contribution is 2.22. The molecular weight excluding hydrogens is 338 g/mol. The van der Waals surface area contributed by atoms with Crippen molar-refractivity contribution in [2.24, 2.45) is 0 Å². The van der Waals surface area contributed by atoms with Gasteiger partial charge >= 0.3 is 0 Å². The van der Waals surface area contributed by atoms with Gasteiger partial charge in [-0.1, -0.05) is 35.3 Å². The van der Waals surface area contributed by atoms with E-state index in [0.717, 1.165) is 11.3 Å². The largest absolute Gasteiger partial charge is 0.384 e. The maximum Gasteiger partial charge on any atom is 0.221 e. The van der Waals surface area contributed by atoms with Crippen LogP contribution in [0.5, 0.6) is 0 Å². The molecule has 0 bridgehead atoms. The van der Waals surface area contributed by atoms with E-state index < -0.39 is 0 Å². The van der Waals surface area contributed by atoms with Gasteiger partial charge in [0.2, 0.25) is 5.91 Å². The van der Waals surface area contributed by atoms with Crippen molar-refractivity contribution >= 4 is 34.8 Å². The van der Waals surface area contributed by atoms with Crippen molar-refractivity contribution in [1.82, 2.24) is 5.32 Å². The molecule has 1 amide bonds. The van der Waals surface area contributed by atoms with Crippen LogP contribution in [0.3, 0.4) is 0 Å². The molecular formula is C17H17Cl2FN2O. The smallest absolute Gasteiger partial charge is 0.221 e. The predicted molar refractivity (Wildman–Crippen MR) is 92.7 cm³/mol. The lowest BCUT2D eigenvalue weighted by Gasteiger charge is -2.08. The lowest BCUT2D eigenvalue weighted by atomic mass is 10.1. The van der Waals surface area contributed by atoms with E-state index in [9.17, 15) is 9.18 Å². The molecule has 2 aromatic rings. The third-order valence-corrected chi connectivity index (χ3v) is 3.63. The number of anilines is 1. The van der Waals surface area contributed by atoms with Crippen molar-refractivity contribution in [2.45, 2.75) is 12.8 Å². The molecule has 0 aliphatic carbocycles. The SMILES string of the molecule is O=C(CCNc1cc(Cl)cc(Cl)c1)NCCc1ccc(F)cc1. The first-order chi connectivity index (χ1) is 11.0. The van der Waals surface area contributed by atoms with E-state index in [1.807, 2.05) is 0 Å². The summed E-state index contributed by atoms with van der Waals surface area (Å²) < 4.78 is 12.8. The first-order valence-electron chi connectivity index (χ1n) is 7.24. The number of benzene rings is 2. The molecule has 0 radical (unpaired) electrons. The van der Waals surface area contributed by atoms with Crippen LogP contribution in [0.4, 0.5) is 10.1 Å². The molecule has 0 aliphatic heterocycles. The second-order valence-corrected chi connectivity index (χ2v) is 5.93. The summed E-state index contributed by atoms with van der Waals surface area (Å²) in [6, 6.07) is 11.4. The Morgan fingerprint density at radius 3 is 2.30 bits per heavy atom. The zero-order valence-corrected chi connectivity index (χ0v) is 13.9. The van der Waals surface area contributed by atoms with Crippen molar-refractivity contribution in [1.29, 1.82) is 0 Å². The minimum atomic E-state index is -0.259. The molecule has 2 rings (SSSR count). The number of nitrogens with one attached hydrogen (secondary N) is 2. The van der Waals surface area contributed by atoms with Gasteiger partial charge in [-0.2, -0.15) is 0 Å². The van der Waals surface area contributed by atoms with E-state index >= 15 is 0 Å². The Bertz CT molecular complexity index is 642. The van der Waals surface area contributed by atoms with Crippen molar-refractivity contribution in [2.75, 3.05) is 18.4 Å². The Balaban J connectivity index is 1.66. The van der Waals surface area contributed by atoms with E-state index in [0.29, 0.717) is 36.0 Å². The minimum absolute atomic E-state index is 0.0484. The van der Waals surface area contributed by atoms with Gasteiger partial charge in [-0.3, -0.25) is 4.79 Å². The summed E-state index contributed by atoms with van der Waals surface area (Å²) in [6.45, 7) is 1.01. The summed E-state index contributed by atoms with van der Waals surface area (Å²) in [5.74, 6) is -0.308. The highest BCUT2D eigenvalue weighted by atomic mass is 35.5. The predicted octanol–water partition coefficient (Wildman–Crippen LogP) is 4.29. The van der Waals surface area contributed by atoms with Crippen LogP contribution < -0.4 is 10.6 Å². The van der Waals surface area contributed by atoms with Gasteiger partial charge in [0.25, 0.3) is 0 Å². The van der Waals surface area contributed by atoms with Gasteiger partial charge in [0, 0.05) is 35.2 Å². The second kappa shape index (κ2) is 8.75. The van der Waals surface area contributed by atoms with Gasteiger partial charge in [0.1, 0.15) is 5.82 Å². The fourth-order valence-corrected chi connectivity index (χ4v) is 2.59. The molecule has 0 atom stereocenters. The first-order valence-corrected chi connectivity index (χ1v) is 7.99. The van der Waals surface area contributed by atoms with E-state index in [1.165, 1.54) is 12.1 Å². The molecule has 0 aromatic heterocycles. The number of carbonyl (C=O) groups is 1. The van der Waals surface area contributed by atoms with Crippen LogP contribution >= 0.6 is 23.2 Å². The topological polar surface area (TPSA) is 41.1 Å². The average Bonchev–Trinajstić information content (AvgIpc) is 2.48. The molecule has 3 nitrogen and oxygen atoms in total. The Labute approximate surface area is 144 Å². The number of hydrogen-bond acceptors (Lipinski definition) is 2. The van der Waals surface area contributed by atoms with Gasteiger partial charge in [0.05, 0.1) is 0 Å². The number of carbonyl (C=O) groups excluding carboxylic acids is 1. The molecule has 2 N–H and O–H groups in total. The number of hydrogen-bond donors (Lipinski definition) is 2.